The Morgan fingerprint density at radius 2 is 2.15 bits per heavy atom. The number of carbonyl (C=O) groups is 2. The second-order valence-corrected chi connectivity index (χ2v) is 4.38. The number of hydrogen-bond donors (Lipinski definition) is 1. The van der Waals surface area contributed by atoms with Gasteiger partial charge >= 0.3 is 5.97 Å². The minimum absolute atomic E-state index is 0.0197. The van der Waals surface area contributed by atoms with Crippen LogP contribution in [0.4, 0.5) is 0 Å². The maximum Gasteiger partial charge on any atom is 0.361 e. The van der Waals surface area contributed by atoms with Crippen LogP contribution in [0.25, 0.3) is 5.69 Å². The van der Waals surface area contributed by atoms with Crippen LogP contribution in [0, 0.1) is 6.92 Å². The molecular weight excluding hydrogens is 284 g/mol. The number of nitrogens with two attached hydrogens (primary N) is 1. The van der Waals surface area contributed by atoms with E-state index in [0.29, 0.717) is 16.4 Å². The van der Waals surface area contributed by atoms with Crippen molar-refractivity contribution in [1.29, 1.82) is 0 Å². The molecule has 0 bridgehead atoms. The summed E-state index contributed by atoms with van der Waals surface area (Å²) in [5.41, 5.74) is 5.90. The number of esters is 1. The molecule has 1 amide bonds. The number of hydrogen-bond acceptors (Lipinski definition) is 5. The standard InChI is InChI=1S/C12H11ClN4O3/c1-7-11(12(19)20-6-10(14)18)16-17(15-7)9-4-2-3-8(13)5-9/h2-5H,6H2,1H3,(H2,14,18). The first-order valence-corrected chi connectivity index (χ1v) is 6.00. The summed E-state index contributed by atoms with van der Waals surface area (Å²) in [4.78, 5) is 23.5. The molecule has 0 aliphatic heterocycles. The zero-order valence-electron chi connectivity index (χ0n) is 10.5. The van der Waals surface area contributed by atoms with Crippen LogP contribution in [0.3, 0.4) is 0 Å². The van der Waals surface area contributed by atoms with Crippen LogP contribution in [0.15, 0.2) is 24.3 Å². The molecule has 2 N–H and O–H groups in total. The summed E-state index contributed by atoms with van der Waals surface area (Å²) in [5, 5.41) is 8.64. The van der Waals surface area contributed by atoms with Crippen molar-refractivity contribution in [3.63, 3.8) is 0 Å². The summed E-state index contributed by atoms with van der Waals surface area (Å²) in [6.45, 7) is 1.11. The summed E-state index contributed by atoms with van der Waals surface area (Å²) >= 11 is 5.88. The van der Waals surface area contributed by atoms with Crippen LogP contribution >= 0.6 is 11.6 Å². The van der Waals surface area contributed by atoms with E-state index in [1.54, 1.807) is 31.2 Å². The fourth-order valence-corrected chi connectivity index (χ4v) is 1.67. The number of ether oxygens (including phenoxy) is 1. The number of aromatic nitrogens is 3. The van der Waals surface area contributed by atoms with Gasteiger partial charge in [0.2, 0.25) is 0 Å². The molecule has 0 radical (unpaired) electrons. The maximum atomic E-state index is 11.7. The van der Waals surface area contributed by atoms with E-state index in [1.165, 1.54) is 4.80 Å². The van der Waals surface area contributed by atoms with E-state index >= 15 is 0 Å². The Hall–Kier alpha value is -2.41. The highest BCUT2D eigenvalue weighted by atomic mass is 35.5. The van der Waals surface area contributed by atoms with Gasteiger partial charge in [-0.05, 0) is 25.1 Å². The van der Waals surface area contributed by atoms with Crippen LogP contribution in [-0.4, -0.2) is 33.5 Å². The van der Waals surface area contributed by atoms with Gasteiger partial charge < -0.3 is 10.5 Å². The Morgan fingerprint density at radius 1 is 1.40 bits per heavy atom. The second kappa shape index (κ2) is 5.70. The van der Waals surface area contributed by atoms with E-state index in [1.807, 2.05) is 0 Å². The predicted octanol–water partition coefficient (Wildman–Crippen LogP) is 0.871. The molecule has 20 heavy (non-hydrogen) atoms. The van der Waals surface area contributed by atoms with E-state index in [2.05, 4.69) is 14.9 Å². The third kappa shape index (κ3) is 3.12. The molecule has 104 valence electrons. The Labute approximate surface area is 119 Å². The van der Waals surface area contributed by atoms with Gasteiger partial charge in [-0.2, -0.15) is 9.90 Å². The predicted molar refractivity (Wildman–Crippen MR) is 70.6 cm³/mol. The van der Waals surface area contributed by atoms with Crippen LogP contribution in [-0.2, 0) is 9.53 Å². The average Bonchev–Trinajstić information content (AvgIpc) is 2.78. The van der Waals surface area contributed by atoms with Crippen molar-refractivity contribution in [2.24, 2.45) is 5.73 Å². The van der Waals surface area contributed by atoms with Crippen molar-refractivity contribution in [2.75, 3.05) is 6.61 Å². The zero-order valence-corrected chi connectivity index (χ0v) is 11.3. The summed E-state index contributed by atoms with van der Waals surface area (Å²) in [6.07, 6.45) is 0. The number of nitrogens with zero attached hydrogens (tertiary/aromatic N) is 3. The molecule has 7 nitrogen and oxygen atoms in total. The zero-order chi connectivity index (χ0) is 14.7. The van der Waals surface area contributed by atoms with Gasteiger partial charge in [-0.3, -0.25) is 4.79 Å². The van der Waals surface area contributed by atoms with Crippen molar-refractivity contribution in [2.45, 2.75) is 6.92 Å². The Bertz CT molecular complexity index is 668. The quantitative estimate of drug-likeness (QED) is 0.843. The number of aryl methyl sites for hydroxylation is 1. The van der Waals surface area contributed by atoms with Crippen molar-refractivity contribution in [1.82, 2.24) is 15.0 Å². The van der Waals surface area contributed by atoms with Gasteiger partial charge in [0.05, 0.1) is 11.4 Å². The molecular formula is C12H11ClN4O3. The van der Waals surface area contributed by atoms with Gasteiger partial charge in [-0.1, -0.05) is 17.7 Å². The Kier molecular flexibility index (Phi) is 3.99. The number of carbonyl (C=O) groups excluding carboxylic acids is 2. The summed E-state index contributed by atoms with van der Waals surface area (Å²) in [7, 11) is 0. The lowest BCUT2D eigenvalue weighted by atomic mass is 10.3. The first kappa shape index (κ1) is 14.0. The molecule has 1 heterocycles. The van der Waals surface area contributed by atoms with Crippen molar-refractivity contribution in [3.8, 4) is 5.69 Å². The topological polar surface area (TPSA) is 100 Å². The van der Waals surface area contributed by atoms with E-state index in [9.17, 15) is 9.59 Å². The monoisotopic (exact) mass is 294 g/mol. The van der Waals surface area contributed by atoms with Crippen LogP contribution in [0.1, 0.15) is 16.2 Å². The second-order valence-electron chi connectivity index (χ2n) is 3.95. The molecule has 2 rings (SSSR count). The highest BCUT2D eigenvalue weighted by Crippen LogP contribution is 2.14. The highest BCUT2D eigenvalue weighted by Gasteiger charge is 2.18. The maximum absolute atomic E-state index is 11.7. The lowest BCUT2D eigenvalue weighted by molar-refractivity contribution is -0.121. The molecule has 8 heteroatoms. The highest BCUT2D eigenvalue weighted by molar-refractivity contribution is 6.30. The fraction of sp³-hybridized carbons (Fsp3) is 0.167. The van der Waals surface area contributed by atoms with Gasteiger partial charge in [0, 0.05) is 5.02 Å². The van der Waals surface area contributed by atoms with Gasteiger partial charge in [0.15, 0.2) is 12.3 Å². The molecule has 0 saturated heterocycles. The third-order valence-electron chi connectivity index (χ3n) is 2.36. The number of halogens is 1. The first-order chi connectivity index (χ1) is 9.47. The van der Waals surface area contributed by atoms with Crippen molar-refractivity contribution < 1.29 is 14.3 Å². The van der Waals surface area contributed by atoms with Gasteiger partial charge in [0.1, 0.15) is 0 Å². The molecule has 0 atom stereocenters. The summed E-state index contributed by atoms with van der Waals surface area (Å²) in [5.74, 6) is -1.49. The molecule has 0 aliphatic rings. The van der Waals surface area contributed by atoms with E-state index < -0.39 is 18.5 Å². The SMILES string of the molecule is Cc1nn(-c2cccc(Cl)c2)nc1C(=O)OCC(N)=O. The van der Waals surface area contributed by atoms with E-state index in [-0.39, 0.29) is 5.69 Å². The third-order valence-corrected chi connectivity index (χ3v) is 2.60. The van der Waals surface area contributed by atoms with Gasteiger partial charge in [-0.25, -0.2) is 4.79 Å². The number of rotatable bonds is 4. The average molecular weight is 295 g/mol. The summed E-state index contributed by atoms with van der Waals surface area (Å²) < 4.78 is 4.69. The number of benzene rings is 1. The number of amides is 1. The van der Waals surface area contributed by atoms with Crippen molar-refractivity contribution in [3.05, 3.63) is 40.7 Å². The van der Waals surface area contributed by atoms with Crippen LogP contribution in [0.2, 0.25) is 5.02 Å². The molecule has 0 saturated carbocycles. The smallest absolute Gasteiger partial charge is 0.361 e. The van der Waals surface area contributed by atoms with E-state index in [4.69, 9.17) is 17.3 Å². The van der Waals surface area contributed by atoms with Gasteiger partial charge in [-0.15, -0.1) is 5.10 Å². The first-order valence-electron chi connectivity index (χ1n) is 5.62. The normalized spacial score (nSPS) is 10.3. The Morgan fingerprint density at radius 3 is 2.80 bits per heavy atom. The minimum atomic E-state index is -0.755. The lowest BCUT2D eigenvalue weighted by Gasteiger charge is -2.00. The fourth-order valence-electron chi connectivity index (χ4n) is 1.49. The summed E-state index contributed by atoms with van der Waals surface area (Å²) in [6, 6.07) is 6.84. The molecule has 0 fully saturated rings. The van der Waals surface area contributed by atoms with Crippen LogP contribution in [0.5, 0.6) is 0 Å². The Balaban J connectivity index is 2.25. The van der Waals surface area contributed by atoms with Gasteiger partial charge in [0.25, 0.3) is 5.91 Å². The molecule has 2 aromatic rings. The molecule has 1 aromatic heterocycles. The molecule has 0 aliphatic carbocycles. The lowest BCUT2D eigenvalue weighted by Crippen LogP contribution is -2.21. The molecule has 1 aromatic carbocycles. The van der Waals surface area contributed by atoms with Crippen molar-refractivity contribution >= 4 is 23.5 Å². The number of primary amides is 1. The van der Waals surface area contributed by atoms with Crippen LogP contribution < -0.4 is 5.73 Å². The van der Waals surface area contributed by atoms with E-state index in [0.717, 1.165) is 0 Å². The molecule has 0 unspecified atom stereocenters. The minimum Gasteiger partial charge on any atom is -0.451 e. The molecule has 0 spiro atoms. The largest absolute Gasteiger partial charge is 0.451 e.